The van der Waals surface area contributed by atoms with Crippen LogP contribution in [0, 0.1) is 11.3 Å². The minimum Gasteiger partial charge on any atom is -0.462 e. The molecule has 3 aliphatic heterocycles. The first kappa shape index (κ1) is 30.9. The summed E-state index contributed by atoms with van der Waals surface area (Å²) in [5.74, 6) is -2.11. The van der Waals surface area contributed by atoms with Gasteiger partial charge < -0.3 is 28.6 Å². The minimum atomic E-state index is -4.63. The zero-order valence-corrected chi connectivity index (χ0v) is 24.2. The van der Waals surface area contributed by atoms with Crippen molar-refractivity contribution < 1.29 is 52.5 Å². The second-order valence-electron chi connectivity index (χ2n) is 11.8. The van der Waals surface area contributed by atoms with Crippen molar-refractivity contribution in [1.82, 2.24) is 0 Å². The summed E-state index contributed by atoms with van der Waals surface area (Å²) < 4.78 is 40.4. The Kier molecular flexibility index (Phi) is 9.64. The Hall–Kier alpha value is -2.01. The van der Waals surface area contributed by atoms with Gasteiger partial charge in [-0.2, -0.15) is 0 Å². The second-order valence-corrected chi connectivity index (χ2v) is 13.0. The molecule has 1 aromatic rings. The first-order valence-corrected chi connectivity index (χ1v) is 15.5. The van der Waals surface area contributed by atoms with E-state index >= 15 is 0 Å². The zero-order chi connectivity index (χ0) is 29.1. The van der Waals surface area contributed by atoms with Gasteiger partial charge in [-0.05, 0) is 49.8 Å². The average molecular weight is 585 g/mol. The third-order valence-corrected chi connectivity index (χ3v) is 8.81. The normalized spacial score (nSPS) is 32.7. The van der Waals surface area contributed by atoms with Crippen LogP contribution in [0.1, 0.15) is 77.7 Å². The predicted octanol–water partition coefficient (Wildman–Crippen LogP) is 3.81. The molecule has 6 atom stereocenters. The first-order valence-electron chi connectivity index (χ1n) is 14.0. The van der Waals surface area contributed by atoms with Gasteiger partial charge in [-0.25, -0.2) is 4.57 Å². The molecule has 1 aromatic carbocycles. The molecule has 12 heteroatoms. The van der Waals surface area contributed by atoms with Crippen molar-refractivity contribution in [3.8, 4) is 5.75 Å². The monoisotopic (exact) mass is 584 g/mol. The molecular formula is C28H41O11P. The number of benzene rings is 1. The van der Waals surface area contributed by atoms with Crippen molar-refractivity contribution in [2.45, 2.75) is 109 Å². The number of aryl methyl sites for hydroxylation is 1. The van der Waals surface area contributed by atoms with Crippen LogP contribution in [0.5, 0.6) is 5.75 Å². The van der Waals surface area contributed by atoms with E-state index in [0.29, 0.717) is 25.7 Å². The molecule has 0 aromatic heterocycles. The lowest BCUT2D eigenvalue weighted by Crippen LogP contribution is -2.63. The van der Waals surface area contributed by atoms with Crippen LogP contribution < -0.4 is 4.52 Å². The van der Waals surface area contributed by atoms with E-state index in [2.05, 4.69) is 13.8 Å². The molecule has 4 rings (SSSR count). The van der Waals surface area contributed by atoms with Gasteiger partial charge in [0.25, 0.3) is 0 Å². The van der Waals surface area contributed by atoms with Gasteiger partial charge in [0.05, 0.1) is 31.7 Å². The maximum Gasteiger partial charge on any atom is 0.524 e. The summed E-state index contributed by atoms with van der Waals surface area (Å²) in [5.41, 5.74) is 0.499. The van der Waals surface area contributed by atoms with Crippen molar-refractivity contribution in [2.24, 2.45) is 11.3 Å². The fourth-order valence-electron chi connectivity index (χ4n) is 5.95. The smallest absolute Gasteiger partial charge is 0.462 e. The molecule has 3 fully saturated rings. The number of unbranched alkanes of at least 4 members (excludes halogenated alkanes) is 1. The van der Waals surface area contributed by atoms with E-state index in [1.54, 1.807) is 12.1 Å². The van der Waals surface area contributed by atoms with Crippen LogP contribution >= 0.6 is 7.82 Å². The number of aliphatic hydroxyl groups excluding tert-OH is 1. The van der Waals surface area contributed by atoms with Crippen LogP contribution in [0.25, 0.3) is 0 Å². The highest BCUT2D eigenvalue weighted by molar-refractivity contribution is 7.46. The number of fused-ring (bicyclic) bond motifs is 2. The van der Waals surface area contributed by atoms with Gasteiger partial charge in [-0.15, -0.1) is 0 Å². The molecule has 11 nitrogen and oxygen atoms in total. The summed E-state index contributed by atoms with van der Waals surface area (Å²) in [6.45, 7) is 5.69. The van der Waals surface area contributed by atoms with E-state index in [4.69, 9.17) is 33.3 Å². The van der Waals surface area contributed by atoms with Gasteiger partial charge in [-0.1, -0.05) is 39.3 Å². The van der Waals surface area contributed by atoms with Crippen LogP contribution in [0.4, 0.5) is 0 Å². The second kappa shape index (κ2) is 12.5. The predicted molar refractivity (Wildman–Crippen MR) is 142 cm³/mol. The lowest BCUT2D eigenvalue weighted by Gasteiger charge is -2.57. The van der Waals surface area contributed by atoms with E-state index < -0.39 is 55.9 Å². The molecular weight excluding hydrogens is 543 g/mol. The average Bonchev–Trinajstić information content (AvgIpc) is 2.85. The third-order valence-electron chi connectivity index (χ3n) is 8.36. The number of phosphoric ester groups is 1. The molecule has 40 heavy (non-hydrogen) atoms. The molecule has 3 N–H and O–H groups in total. The molecule has 1 spiro atoms. The van der Waals surface area contributed by atoms with Gasteiger partial charge in [-0.3, -0.25) is 19.4 Å². The van der Waals surface area contributed by atoms with Gasteiger partial charge in [0.15, 0.2) is 5.79 Å². The van der Waals surface area contributed by atoms with Crippen LogP contribution in [0.3, 0.4) is 0 Å². The van der Waals surface area contributed by atoms with Gasteiger partial charge in [0.2, 0.25) is 0 Å². The lowest BCUT2D eigenvalue weighted by atomic mass is 9.70. The molecule has 0 radical (unpaired) electrons. The number of carbonyl (C=O) groups is 2. The summed E-state index contributed by atoms with van der Waals surface area (Å²) >= 11 is 0. The largest absolute Gasteiger partial charge is 0.524 e. The zero-order valence-electron chi connectivity index (χ0n) is 23.3. The molecule has 3 bridgehead atoms. The van der Waals surface area contributed by atoms with E-state index in [-0.39, 0.29) is 30.6 Å². The Morgan fingerprint density at radius 3 is 2.55 bits per heavy atom. The Morgan fingerprint density at radius 2 is 1.82 bits per heavy atom. The van der Waals surface area contributed by atoms with Crippen molar-refractivity contribution in [1.29, 1.82) is 0 Å². The number of aliphatic hydroxyl groups is 1. The topological polar surface area (TPSA) is 158 Å². The maximum atomic E-state index is 12.8. The van der Waals surface area contributed by atoms with Gasteiger partial charge in [0.1, 0.15) is 18.0 Å². The lowest BCUT2D eigenvalue weighted by molar-refractivity contribution is -0.381. The number of rotatable bonds is 8. The summed E-state index contributed by atoms with van der Waals surface area (Å²) in [6.07, 6.45) is 2.40. The quantitative estimate of drug-likeness (QED) is 0.232. The highest BCUT2D eigenvalue weighted by Gasteiger charge is 2.58. The van der Waals surface area contributed by atoms with Crippen molar-refractivity contribution in [2.75, 3.05) is 6.61 Å². The van der Waals surface area contributed by atoms with Crippen molar-refractivity contribution in [3.05, 3.63) is 29.8 Å². The van der Waals surface area contributed by atoms with E-state index in [0.717, 1.165) is 24.8 Å². The summed E-state index contributed by atoms with van der Waals surface area (Å²) in [5, 5.41) is 9.64. The Labute approximate surface area is 234 Å². The molecule has 3 heterocycles. The molecule has 224 valence electrons. The van der Waals surface area contributed by atoms with Gasteiger partial charge >= 0.3 is 19.8 Å². The highest BCUT2D eigenvalue weighted by atomic mass is 31.2. The molecule has 3 aliphatic rings. The van der Waals surface area contributed by atoms with E-state index in [1.807, 2.05) is 13.0 Å². The number of hydrogen-bond donors (Lipinski definition) is 3. The molecule has 0 unspecified atom stereocenters. The highest BCUT2D eigenvalue weighted by Crippen LogP contribution is 2.53. The first-order chi connectivity index (χ1) is 18.8. The summed E-state index contributed by atoms with van der Waals surface area (Å²) in [7, 11) is -4.63. The fraction of sp³-hybridized carbons (Fsp3) is 0.714. The van der Waals surface area contributed by atoms with Gasteiger partial charge in [0, 0.05) is 17.8 Å². The maximum absolute atomic E-state index is 12.8. The molecule has 0 saturated carbocycles. The molecule has 0 amide bonds. The number of esters is 2. The fourth-order valence-corrected chi connectivity index (χ4v) is 6.34. The number of ether oxygens (including phenoxy) is 4. The van der Waals surface area contributed by atoms with E-state index in [1.165, 1.54) is 6.07 Å². The third kappa shape index (κ3) is 7.63. The van der Waals surface area contributed by atoms with Crippen LogP contribution in [0.2, 0.25) is 0 Å². The van der Waals surface area contributed by atoms with Crippen molar-refractivity contribution >= 4 is 19.8 Å². The van der Waals surface area contributed by atoms with Crippen molar-refractivity contribution in [3.63, 3.8) is 0 Å². The van der Waals surface area contributed by atoms with Crippen LogP contribution in [0.15, 0.2) is 24.3 Å². The minimum absolute atomic E-state index is 0.0163. The Balaban J connectivity index is 1.48. The summed E-state index contributed by atoms with van der Waals surface area (Å²) in [6, 6.07) is 6.70. The summed E-state index contributed by atoms with van der Waals surface area (Å²) in [4.78, 5) is 43.5. The Morgan fingerprint density at radius 1 is 1.07 bits per heavy atom. The number of hydrogen-bond acceptors (Lipinski definition) is 9. The number of carbonyl (C=O) groups excluding carboxylic acids is 2. The number of cyclic esters (lactones) is 1. The standard InChI is InChI=1S/C28H41O11P/c1-18-23(10-5-4-7-19-8-6-9-21(13-19)39-40(32,33)34)38-28-16-24(18)36-26(31)15-22(17-29)35-25(30)14-20(37-28)11-12-27(28,2)3/h6,8-9,13,18,20,22-24,29H,4-5,7,10-12,14-17H2,1-3H3,(H2,32,33,34)/t18-,20-,22-,23-,24+,28-/m1/s1. The molecule has 0 aliphatic carbocycles. The van der Waals surface area contributed by atoms with Crippen LogP contribution in [-0.4, -0.2) is 63.6 Å². The van der Waals surface area contributed by atoms with Crippen LogP contribution in [-0.2, 0) is 39.5 Å². The SMILES string of the molecule is C[C@H]1[C@@H]2C[C@@]3(O[C@H](CCC3(C)C)CC(=O)O[C@@H](CO)CC(=O)O2)O[C@@H]1CCCCc1cccc(OP(=O)(O)O)c1. The molecule has 3 saturated heterocycles. The Bertz CT molecular complexity index is 1100. The number of phosphoric acid groups is 1. The van der Waals surface area contributed by atoms with E-state index in [9.17, 15) is 19.3 Å².